The molecule has 0 radical (unpaired) electrons. The van der Waals surface area contributed by atoms with Gasteiger partial charge in [-0.3, -0.25) is 9.36 Å². The Morgan fingerprint density at radius 1 is 1.33 bits per heavy atom. The van der Waals surface area contributed by atoms with Gasteiger partial charge in [0, 0.05) is 11.1 Å². The summed E-state index contributed by atoms with van der Waals surface area (Å²) in [7, 11) is 0. The first-order chi connectivity index (χ1) is 13.1. The fourth-order valence-corrected chi connectivity index (χ4v) is 4.75. The van der Waals surface area contributed by atoms with Crippen LogP contribution in [0.1, 0.15) is 37.4 Å². The number of aromatic nitrogens is 3. The van der Waals surface area contributed by atoms with Gasteiger partial charge < -0.3 is 5.32 Å². The summed E-state index contributed by atoms with van der Waals surface area (Å²) in [4.78, 5) is 13.5. The maximum absolute atomic E-state index is 12.4. The zero-order valence-electron chi connectivity index (χ0n) is 14.8. The van der Waals surface area contributed by atoms with Gasteiger partial charge in [-0.25, -0.2) is 0 Å². The molecule has 2 aromatic heterocycles. The average molecular weight is 419 g/mol. The highest BCUT2D eigenvalue weighted by Gasteiger charge is 2.30. The lowest BCUT2D eigenvalue weighted by Crippen LogP contribution is -2.28. The summed E-state index contributed by atoms with van der Waals surface area (Å²) < 4.78 is 2.18. The molecule has 8 heteroatoms. The molecule has 3 aromatic rings. The van der Waals surface area contributed by atoms with Crippen LogP contribution in [0.25, 0.3) is 10.7 Å². The van der Waals surface area contributed by atoms with Gasteiger partial charge in [-0.1, -0.05) is 47.6 Å². The molecule has 4 rings (SSSR count). The Hall–Kier alpha value is -1.83. The summed E-state index contributed by atoms with van der Waals surface area (Å²) in [5.74, 6) is 1.15. The maximum atomic E-state index is 12.4. The van der Waals surface area contributed by atoms with Crippen molar-refractivity contribution in [3.05, 3.63) is 52.4 Å². The zero-order valence-corrected chi connectivity index (χ0v) is 17.2. The third kappa shape index (κ3) is 4.20. The second-order valence-electron chi connectivity index (χ2n) is 6.48. The third-order valence-corrected chi connectivity index (χ3v) is 6.55. The lowest BCUT2D eigenvalue weighted by Gasteiger charge is -2.15. The van der Waals surface area contributed by atoms with Crippen molar-refractivity contribution < 1.29 is 4.79 Å². The van der Waals surface area contributed by atoms with Gasteiger partial charge in [-0.15, -0.1) is 21.5 Å². The Bertz CT molecular complexity index is 937. The minimum atomic E-state index is -0.144. The van der Waals surface area contributed by atoms with Crippen molar-refractivity contribution in [2.75, 3.05) is 5.75 Å². The maximum Gasteiger partial charge on any atom is 0.230 e. The molecule has 0 unspecified atom stereocenters. The van der Waals surface area contributed by atoms with Crippen LogP contribution < -0.4 is 5.32 Å². The molecule has 1 fully saturated rings. The fraction of sp³-hybridized carbons (Fsp3) is 0.316. The van der Waals surface area contributed by atoms with Gasteiger partial charge in [0.05, 0.1) is 16.7 Å². The molecule has 5 nitrogen and oxygen atoms in total. The molecule has 0 bridgehead atoms. The quantitative estimate of drug-likeness (QED) is 0.550. The lowest BCUT2D eigenvalue weighted by molar-refractivity contribution is -0.119. The summed E-state index contributed by atoms with van der Waals surface area (Å²) in [6.07, 6.45) is 2.28. The third-order valence-electron chi connectivity index (χ3n) is 4.40. The first-order valence-corrected chi connectivity index (χ1v) is 11.0. The van der Waals surface area contributed by atoms with Crippen LogP contribution >= 0.6 is 34.7 Å². The van der Waals surface area contributed by atoms with E-state index in [0.29, 0.717) is 16.8 Å². The number of benzene rings is 1. The van der Waals surface area contributed by atoms with Crippen molar-refractivity contribution in [3.8, 4) is 10.7 Å². The minimum Gasteiger partial charge on any atom is -0.349 e. The van der Waals surface area contributed by atoms with E-state index in [-0.39, 0.29) is 11.9 Å². The second-order valence-corrected chi connectivity index (χ2v) is 8.78. The zero-order chi connectivity index (χ0) is 18.8. The van der Waals surface area contributed by atoms with Crippen molar-refractivity contribution >= 4 is 40.6 Å². The van der Waals surface area contributed by atoms with E-state index in [9.17, 15) is 4.79 Å². The summed E-state index contributed by atoms with van der Waals surface area (Å²) in [5, 5.41) is 15.2. The molecule has 0 aliphatic heterocycles. The lowest BCUT2D eigenvalue weighted by atomic mass is 10.1. The highest BCUT2D eigenvalue weighted by Crippen LogP contribution is 2.41. The number of nitrogens with one attached hydrogen (secondary N) is 1. The highest BCUT2D eigenvalue weighted by atomic mass is 35.5. The topological polar surface area (TPSA) is 59.8 Å². The highest BCUT2D eigenvalue weighted by molar-refractivity contribution is 7.99. The minimum absolute atomic E-state index is 0.0459. The number of thioether (sulfide) groups is 1. The van der Waals surface area contributed by atoms with Crippen LogP contribution in [0.3, 0.4) is 0 Å². The predicted molar refractivity (Wildman–Crippen MR) is 110 cm³/mol. The number of carbonyl (C=O) groups excluding carboxylic acids is 1. The molecule has 1 aromatic carbocycles. The van der Waals surface area contributed by atoms with E-state index in [1.165, 1.54) is 11.8 Å². The van der Waals surface area contributed by atoms with Crippen LogP contribution in [0.2, 0.25) is 5.02 Å². The number of hydrogen-bond donors (Lipinski definition) is 1. The SMILES string of the molecule is C[C@H](NC(=O)CSc1nnc(-c2cccs2)n1C1CC1)c1ccccc1Cl. The van der Waals surface area contributed by atoms with Gasteiger partial charge in [-0.2, -0.15) is 0 Å². The largest absolute Gasteiger partial charge is 0.349 e. The normalized spacial score (nSPS) is 14.9. The van der Waals surface area contributed by atoms with E-state index in [0.717, 1.165) is 34.3 Å². The first-order valence-electron chi connectivity index (χ1n) is 8.79. The van der Waals surface area contributed by atoms with Gasteiger partial charge in [0.2, 0.25) is 5.91 Å². The molecule has 1 saturated carbocycles. The van der Waals surface area contributed by atoms with Crippen molar-refractivity contribution in [2.45, 2.75) is 37.0 Å². The van der Waals surface area contributed by atoms with Gasteiger partial charge in [0.15, 0.2) is 11.0 Å². The first kappa shape index (κ1) is 18.5. The Balaban J connectivity index is 1.42. The summed E-state index contributed by atoms with van der Waals surface area (Å²) in [5.41, 5.74) is 0.915. The van der Waals surface area contributed by atoms with Crippen LogP contribution in [-0.4, -0.2) is 26.4 Å². The molecule has 0 saturated heterocycles. The van der Waals surface area contributed by atoms with Crippen LogP contribution in [0.5, 0.6) is 0 Å². The molecule has 140 valence electrons. The number of amides is 1. The summed E-state index contributed by atoms with van der Waals surface area (Å²) >= 11 is 9.30. The Morgan fingerprint density at radius 2 is 2.15 bits per heavy atom. The van der Waals surface area contributed by atoms with Gasteiger partial charge >= 0.3 is 0 Å². The molecule has 1 aliphatic carbocycles. The number of carbonyl (C=O) groups is 1. The van der Waals surface area contributed by atoms with E-state index in [1.807, 2.05) is 42.6 Å². The fourth-order valence-electron chi connectivity index (χ4n) is 2.93. The van der Waals surface area contributed by atoms with E-state index in [2.05, 4.69) is 26.1 Å². The van der Waals surface area contributed by atoms with Gasteiger partial charge in [0.25, 0.3) is 0 Å². The van der Waals surface area contributed by atoms with E-state index >= 15 is 0 Å². The van der Waals surface area contributed by atoms with E-state index in [1.54, 1.807) is 11.3 Å². The summed E-state index contributed by atoms with van der Waals surface area (Å²) in [6, 6.07) is 11.9. The number of nitrogens with zero attached hydrogens (tertiary/aromatic N) is 3. The molecular weight excluding hydrogens is 400 g/mol. The molecule has 1 N–H and O–H groups in total. The van der Waals surface area contributed by atoms with Crippen LogP contribution in [0.15, 0.2) is 46.9 Å². The standard InChI is InChI=1S/C19H19ClN4OS2/c1-12(14-5-2-3-6-15(14)20)21-17(25)11-27-19-23-22-18(16-7-4-10-26-16)24(19)13-8-9-13/h2-7,10,12-13H,8-9,11H2,1H3,(H,21,25)/t12-/m0/s1. The number of thiophene rings is 1. The van der Waals surface area contributed by atoms with E-state index < -0.39 is 0 Å². The van der Waals surface area contributed by atoms with Crippen LogP contribution in [0, 0.1) is 0 Å². The van der Waals surface area contributed by atoms with Crippen LogP contribution in [-0.2, 0) is 4.79 Å². The molecule has 1 aliphatic rings. The van der Waals surface area contributed by atoms with Crippen molar-refractivity contribution in [2.24, 2.45) is 0 Å². The second kappa shape index (κ2) is 8.04. The predicted octanol–water partition coefficient (Wildman–Crippen LogP) is 4.96. The molecular formula is C19H19ClN4OS2. The van der Waals surface area contributed by atoms with Gasteiger partial charge in [0.1, 0.15) is 0 Å². The monoisotopic (exact) mass is 418 g/mol. The Morgan fingerprint density at radius 3 is 2.85 bits per heavy atom. The van der Waals surface area contributed by atoms with Crippen molar-refractivity contribution in [3.63, 3.8) is 0 Å². The smallest absolute Gasteiger partial charge is 0.230 e. The van der Waals surface area contributed by atoms with Gasteiger partial charge in [-0.05, 0) is 42.8 Å². The Labute approximate surface area is 171 Å². The van der Waals surface area contributed by atoms with Crippen LogP contribution in [0.4, 0.5) is 0 Å². The van der Waals surface area contributed by atoms with Crippen molar-refractivity contribution in [1.29, 1.82) is 0 Å². The number of hydrogen-bond acceptors (Lipinski definition) is 5. The Kier molecular flexibility index (Phi) is 5.52. The number of halogens is 1. The average Bonchev–Trinajstić information content (AvgIpc) is 3.18. The van der Waals surface area contributed by atoms with Crippen molar-refractivity contribution in [1.82, 2.24) is 20.1 Å². The molecule has 27 heavy (non-hydrogen) atoms. The molecule has 0 spiro atoms. The molecule has 1 amide bonds. The van der Waals surface area contributed by atoms with E-state index in [4.69, 9.17) is 11.6 Å². The molecule has 1 atom stereocenters. The molecule has 2 heterocycles. The number of rotatable bonds is 7. The summed E-state index contributed by atoms with van der Waals surface area (Å²) in [6.45, 7) is 1.94.